The Morgan fingerprint density at radius 3 is 1.22 bits per heavy atom. The zero-order chi connectivity index (χ0) is 83.3. The average molecular weight is 1640 g/mol. The first-order valence-corrected chi connectivity index (χ1v) is 45.3. The molecule has 5 aromatic carbocycles. The van der Waals surface area contributed by atoms with Crippen LogP contribution in [0.5, 0.6) is 34.5 Å². The van der Waals surface area contributed by atoms with E-state index in [2.05, 4.69) is 38.1 Å². The van der Waals surface area contributed by atoms with E-state index in [0.29, 0.717) is 148 Å². The third-order valence-electron chi connectivity index (χ3n) is 23.0. The van der Waals surface area contributed by atoms with Crippen LogP contribution in [0.2, 0.25) is 0 Å². The Morgan fingerprint density at radius 1 is 0.407 bits per heavy atom. The maximum Gasteiger partial charge on any atom is 0.343 e. The molecule has 3 atom stereocenters. The van der Waals surface area contributed by atoms with Crippen molar-refractivity contribution in [3.05, 3.63) is 143 Å². The molecule has 0 aromatic heterocycles. The van der Waals surface area contributed by atoms with Gasteiger partial charge in [0.25, 0.3) is 0 Å². The van der Waals surface area contributed by atoms with Crippen LogP contribution in [-0.4, -0.2) is 132 Å². The van der Waals surface area contributed by atoms with Crippen LogP contribution >= 0.6 is 0 Å². The Hall–Kier alpha value is -8.17. The van der Waals surface area contributed by atoms with Crippen molar-refractivity contribution in [2.75, 3.05) is 66.1 Å². The fourth-order valence-corrected chi connectivity index (χ4v) is 15.9. The number of hydrogen-bond donors (Lipinski definition) is 1. The van der Waals surface area contributed by atoms with Gasteiger partial charge in [-0.3, -0.25) is 9.59 Å². The van der Waals surface area contributed by atoms with Crippen LogP contribution in [0.4, 0.5) is 0 Å². The van der Waals surface area contributed by atoms with Crippen LogP contribution in [0, 0.1) is 11.8 Å². The summed E-state index contributed by atoms with van der Waals surface area (Å²) in [5.74, 6) is 3.17. The lowest BCUT2D eigenvalue weighted by Crippen LogP contribution is -2.22. The first-order chi connectivity index (χ1) is 57.9. The Morgan fingerprint density at radius 2 is 0.805 bits per heavy atom. The normalized spacial score (nSPS) is 17.2. The zero-order valence-corrected chi connectivity index (χ0v) is 71.1. The van der Waals surface area contributed by atoms with Gasteiger partial charge in [0.15, 0.2) is 6.29 Å². The lowest BCUT2D eigenvalue weighted by atomic mass is 9.77. The highest BCUT2D eigenvalue weighted by Crippen LogP contribution is 2.41. The predicted molar refractivity (Wildman–Crippen MR) is 457 cm³/mol. The highest BCUT2D eigenvalue weighted by molar-refractivity contribution is 5.93. The Bertz CT molecular complexity index is 3590. The molecule has 0 spiro atoms. The van der Waals surface area contributed by atoms with E-state index in [9.17, 15) is 38.7 Å². The Labute approximate surface area is 703 Å². The Kier molecular flexibility index (Phi) is 46.8. The topological polar surface area (TPSA) is 250 Å². The third kappa shape index (κ3) is 38.1. The SMILES string of the molecule is CCCCCC1CCC(c2ccc(OC(=O)c3ccc(OCCCCCCOC(C=O)CC(=O)OCCCCCCOc4cc(CCCCCCOC5CCCCO5)c(OCCCCCCOC(=O)CC(C=O)OCCCCCCOc5ccc(C(=O)Oc6ccc(C7CCC(CCCCC)CC7)cc6)cc5)c(C(=O)O)c4)cc3)cc2)CC1. The van der Waals surface area contributed by atoms with E-state index in [0.717, 1.165) is 146 Å². The molecule has 3 aliphatic rings. The quantitative estimate of drug-likeness (QED) is 0.0164. The van der Waals surface area contributed by atoms with Crippen LogP contribution in [0.1, 0.15) is 337 Å². The van der Waals surface area contributed by atoms with Crippen molar-refractivity contribution in [3.8, 4) is 34.5 Å². The first-order valence-electron chi connectivity index (χ1n) is 45.3. The molecule has 0 amide bonds. The van der Waals surface area contributed by atoms with E-state index in [4.69, 9.17) is 56.8 Å². The number of carbonyl (C=O) groups is 7. The van der Waals surface area contributed by atoms with Gasteiger partial charge in [-0.1, -0.05) is 115 Å². The molecular weight excluding hydrogens is 1500 g/mol. The molecule has 0 bridgehead atoms. The zero-order valence-electron chi connectivity index (χ0n) is 71.1. The van der Waals surface area contributed by atoms with Gasteiger partial charge in [-0.15, -0.1) is 0 Å². The lowest BCUT2D eigenvalue weighted by molar-refractivity contribution is -0.162. The molecule has 0 radical (unpaired) electrons. The molecule has 1 saturated heterocycles. The van der Waals surface area contributed by atoms with Crippen LogP contribution in [0.15, 0.2) is 109 Å². The van der Waals surface area contributed by atoms with Crippen molar-refractivity contribution in [1.29, 1.82) is 0 Å². The van der Waals surface area contributed by atoms with Gasteiger partial charge in [0, 0.05) is 26.4 Å². The molecule has 2 saturated carbocycles. The second-order valence-corrected chi connectivity index (χ2v) is 32.5. The molecule has 1 N–H and O–H groups in total. The fourth-order valence-electron chi connectivity index (χ4n) is 15.9. The van der Waals surface area contributed by atoms with Gasteiger partial charge in [-0.05, 0) is 305 Å². The number of ether oxygens (including phenoxy) is 12. The highest BCUT2D eigenvalue weighted by Gasteiger charge is 2.26. The summed E-state index contributed by atoms with van der Waals surface area (Å²) in [7, 11) is 0. The number of hydrogen-bond acceptors (Lipinski definition) is 19. The maximum absolute atomic E-state index is 12.9. The summed E-state index contributed by atoms with van der Waals surface area (Å²) in [6, 6.07) is 33.4. The molecule has 650 valence electrons. The summed E-state index contributed by atoms with van der Waals surface area (Å²) in [5, 5.41) is 10.5. The molecule has 5 aromatic rings. The molecule has 3 fully saturated rings. The highest BCUT2D eigenvalue weighted by atomic mass is 16.7. The molecule has 1 aliphatic heterocycles. The number of aryl methyl sites for hydroxylation is 1. The smallest absolute Gasteiger partial charge is 0.343 e. The molecule has 2 aliphatic carbocycles. The van der Waals surface area contributed by atoms with Crippen molar-refractivity contribution in [1.82, 2.24) is 0 Å². The van der Waals surface area contributed by atoms with E-state index in [1.54, 1.807) is 48.5 Å². The van der Waals surface area contributed by atoms with Crippen molar-refractivity contribution in [3.63, 3.8) is 0 Å². The van der Waals surface area contributed by atoms with Gasteiger partial charge in [0.1, 0.15) is 64.8 Å². The number of unbranched alkanes of at least 4 members (excludes halogenated alkanes) is 19. The van der Waals surface area contributed by atoms with Crippen molar-refractivity contribution in [2.24, 2.45) is 11.8 Å². The van der Waals surface area contributed by atoms with Gasteiger partial charge in [0.05, 0.1) is 63.6 Å². The van der Waals surface area contributed by atoms with Gasteiger partial charge in [0.2, 0.25) is 0 Å². The number of carboxylic acid groups (broad SMARTS) is 1. The van der Waals surface area contributed by atoms with Crippen LogP contribution in [-0.2, 0) is 54.0 Å². The molecule has 118 heavy (non-hydrogen) atoms. The van der Waals surface area contributed by atoms with Crippen LogP contribution in [0.25, 0.3) is 0 Å². The standard InChI is InChI=1S/C98H138O20/c1-3-5-17-31-75-35-39-77(40-36-75)79-43-55-86(56-44-79)117-97(105)81-47-51-84(52-48-81)107-59-21-9-11-24-62-110-89(73-99)71-92(101)112-64-26-14-13-23-61-109-88-69-83(33-19-7-8-28-66-114-94-34-20-30-67-115-94)95(91(70-88)96(103)104)116-68-29-16-15-27-65-113-93(102)72-90(74-100)111-63-25-12-10-22-60-108-85-53-49-82(50-54-85)98(106)118-87-57-45-80(46-58-87)78-41-37-76(38-42-78)32-18-6-4-2/h43-58,69-70,73-78,89-90,94H,3-42,59-68,71-72H2,1-2H3,(H,103,104). The lowest BCUT2D eigenvalue weighted by Gasteiger charge is -2.29. The number of rotatable bonds is 63. The number of benzene rings is 5. The first kappa shape index (κ1) is 95.3. The van der Waals surface area contributed by atoms with Gasteiger partial charge < -0.3 is 71.5 Å². The predicted octanol–water partition coefficient (Wildman–Crippen LogP) is 22.4. The largest absolute Gasteiger partial charge is 0.494 e. The summed E-state index contributed by atoms with van der Waals surface area (Å²) < 4.78 is 69.7. The fraction of sp³-hybridized carbons (Fsp3) is 0.622. The molecule has 20 nitrogen and oxygen atoms in total. The second kappa shape index (κ2) is 57.9. The monoisotopic (exact) mass is 1630 g/mol. The van der Waals surface area contributed by atoms with E-state index in [1.807, 2.05) is 30.3 Å². The number of aldehydes is 2. The summed E-state index contributed by atoms with van der Waals surface area (Å²) in [4.78, 5) is 87.6. The molecular formula is C98H138O20. The summed E-state index contributed by atoms with van der Waals surface area (Å²) >= 11 is 0. The van der Waals surface area contributed by atoms with E-state index in [-0.39, 0.29) is 37.9 Å². The van der Waals surface area contributed by atoms with Crippen LogP contribution < -0.4 is 28.4 Å². The summed E-state index contributed by atoms with van der Waals surface area (Å²) in [6.45, 7) is 8.65. The minimum atomic E-state index is -1.11. The third-order valence-corrected chi connectivity index (χ3v) is 23.0. The van der Waals surface area contributed by atoms with Crippen molar-refractivity contribution < 1.29 is 95.5 Å². The van der Waals surface area contributed by atoms with Gasteiger partial charge in [-0.2, -0.15) is 0 Å². The number of aromatic carboxylic acids is 1. The number of carboxylic acids is 1. The maximum atomic E-state index is 12.9. The number of carbonyl (C=O) groups excluding carboxylic acids is 6. The van der Waals surface area contributed by atoms with Crippen molar-refractivity contribution >= 4 is 42.4 Å². The second-order valence-electron chi connectivity index (χ2n) is 32.5. The van der Waals surface area contributed by atoms with E-state index in [1.165, 1.54) is 120 Å². The van der Waals surface area contributed by atoms with Crippen LogP contribution in [0.3, 0.4) is 0 Å². The molecule has 1 heterocycles. The van der Waals surface area contributed by atoms with E-state index >= 15 is 0 Å². The minimum absolute atomic E-state index is 0.0396. The molecule has 20 heteroatoms. The average Bonchev–Trinajstić information content (AvgIpc) is 0.824. The van der Waals surface area contributed by atoms with Gasteiger partial charge in [-0.25, -0.2) is 14.4 Å². The minimum Gasteiger partial charge on any atom is -0.494 e. The molecule has 8 rings (SSSR count). The van der Waals surface area contributed by atoms with E-state index < -0.39 is 42.1 Å². The Balaban J connectivity index is 0.625. The summed E-state index contributed by atoms with van der Waals surface area (Å²) in [5.41, 5.74) is 4.36. The summed E-state index contributed by atoms with van der Waals surface area (Å²) in [6.07, 6.45) is 39.3. The number of esters is 4. The van der Waals surface area contributed by atoms with Crippen molar-refractivity contribution in [2.45, 2.75) is 314 Å². The van der Waals surface area contributed by atoms with Gasteiger partial charge >= 0.3 is 29.8 Å². The molecule has 3 unspecified atom stereocenters.